The molecular weight excluding hydrogens is 200 g/mol. The number of ether oxygens (including phenoxy) is 1. The Kier molecular flexibility index (Phi) is 2.91. The number of benzene rings is 2. The van der Waals surface area contributed by atoms with Gasteiger partial charge in [-0.25, -0.2) is 0 Å². The van der Waals surface area contributed by atoms with Crippen LogP contribution in [-0.4, -0.2) is 13.4 Å². The van der Waals surface area contributed by atoms with Gasteiger partial charge in [-0.3, -0.25) is 0 Å². The number of hydrogen-bond acceptors (Lipinski definition) is 2. The van der Waals surface area contributed by atoms with E-state index in [9.17, 15) is 4.79 Å². The zero-order chi connectivity index (χ0) is 11.5. The molecule has 0 aliphatic carbocycles. The Morgan fingerprint density at radius 1 is 1.12 bits per heavy atom. The largest absolute Gasteiger partial charge is 0.496 e. The third kappa shape index (κ3) is 1.67. The zero-order valence-corrected chi connectivity index (χ0v) is 9.44. The summed E-state index contributed by atoms with van der Waals surface area (Å²) >= 11 is 0. The first-order valence-corrected chi connectivity index (χ1v) is 5.29. The van der Waals surface area contributed by atoms with Crippen molar-refractivity contribution in [2.24, 2.45) is 0 Å². The molecule has 0 aliphatic heterocycles. The molecule has 0 fully saturated rings. The van der Waals surface area contributed by atoms with Gasteiger partial charge in [0.25, 0.3) is 0 Å². The fraction of sp³-hybridized carbons (Fsp3) is 0.214. The lowest BCUT2D eigenvalue weighted by molar-refractivity contribution is -0.108. The summed E-state index contributed by atoms with van der Waals surface area (Å²) in [5.74, 6) is 0.758. The van der Waals surface area contributed by atoms with Gasteiger partial charge in [-0.15, -0.1) is 0 Å². The number of methoxy groups -OCH3 is 1. The van der Waals surface area contributed by atoms with E-state index in [0.717, 1.165) is 28.4 Å². The summed E-state index contributed by atoms with van der Waals surface area (Å²) in [6.45, 7) is 1.90. The minimum atomic E-state index is -0.0872. The molecule has 2 nitrogen and oxygen atoms in total. The molecule has 0 saturated carbocycles. The molecule has 2 rings (SSSR count). The Labute approximate surface area is 94.8 Å². The summed E-state index contributed by atoms with van der Waals surface area (Å²) in [5, 5.41) is 2.14. The van der Waals surface area contributed by atoms with Gasteiger partial charge in [0.1, 0.15) is 12.0 Å². The van der Waals surface area contributed by atoms with Crippen LogP contribution < -0.4 is 4.74 Å². The molecule has 0 amide bonds. The lowest BCUT2D eigenvalue weighted by Gasteiger charge is -2.11. The van der Waals surface area contributed by atoms with Crippen molar-refractivity contribution >= 4 is 17.1 Å². The number of fused-ring (bicyclic) bond motifs is 1. The van der Waals surface area contributed by atoms with E-state index >= 15 is 0 Å². The SMILES string of the molecule is COc1cccc2c(C(C)C=O)cccc12. The van der Waals surface area contributed by atoms with Crippen molar-refractivity contribution in [1.82, 2.24) is 0 Å². The highest BCUT2D eigenvalue weighted by molar-refractivity contribution is 5.92. The van der Waals surface area contributed by atoms with Crippen LogP contribution >= 0.6 is 0 Å². The smallest absolute Gasteiger partial charge is 0.127 e. The van der Waals surface area contributed by atoms with Crippen molar-refractivity contribution in [3.63, 3.8) is 0 Å². The van der Waals surface area contributed by atoms with E-state index in [1.807, 2.05) is 43.3 Å². The van der Waals surface area contributed by atoms with Gasteiger partial charge in [-0.05, 0) is 17.0 Å². The zero-order valence-electron chi connectivity index (χ0n) is 9.44. The Morgan fingerprint density at radius 3 is 2.50 bits per heavy atom. The molecule has 0 aromatic heterocycles. The number of carbonyl (C=O) groups is 1. The number of hydrogen-bond donors (Lipinski definition) is 0. The van der Waals surface area contributed by atoms with E-state index in [0.29, 0.717) is 0 Å². The minimum absolute atomic E-state index is 0.0872. The van der Waals surface area contributed by atoms with Gasteiger partial charge in [0, 0.05) is 11.3 Å². The predicted molar refractivity (Wildman–Crippen MR) is 65.0 cm³/mol. The molecule has 2 heteroatoms. The molecule has 0 N–H and O–H groups in total. The second-order valence-electron chi connectivity index (χ2n) is 3.83. The highest BCUT2D eigenvalue weighted by Gasteiger charge is 2.09. The van der Waals surface area contributed by atoms with Gasteiger partial charge in [0.2, 0.25) is 0 Å². The highest BCUT2D eigenvalue weighted by atomic mass is 16.5. The van der Waals surface area contributed by atoms with E-state index in [1.165, 1.54) is 0 Å². The van der Waals surface area contributed by atoms with Crippen molar-refractivity contribution in [3.8, 4) is 5.75 Å². The molecule has 2 aromatic carbocycles. The topological polar surface area (TPSA) is 26.3 Å². The Hall–Kier alpha value is -1.83. The van der Waals surface area contributed by atoms with Crippen molar-refractivity contribution < 1.29 is 9.53 Å². The number of aldehydes is 1. The van der Waals surface area contributed by atoms with Gasteiger partial charge >= 0.3 is 0 Å². The maximum atomic E-state index is 10.9. The van der Waals surface area contributed by atoms with Crippen LogP contribution in [0.4, 0.5) is 0 Å². The molecule has 0 spiro atoms. The van der Waals surface area contributed by atoms with Gasteiger partial charge < -0.3 is 9.53 Å². The van der Waals surface area contributed by atoms with Gasteiger partial charge in [0.15, 0.2) is 0 Å². The summed E-state index contributed by atoms with van der Waals surface area (Å²) in [6, 6.07) is 11.9. The number of carbonyl (C=O) groups excluding carboxylic acids is 1. The maximum absolute atomic E-state index is 10.9. The van der Waals surface area contributed by atoms with Crippen LogP contribution in [0.5, 0.6) is 5.75 Å². The summed E-state index contributed by atoms with van der Waals surface area (Å²) in [5.41, 5.74) is 1.05. The minimum Gasteiger partial charge on any atom is -0.496 e. The third-order valence-electron chi connectivity index (χ3n) is 2.83. The third-order valence-corrected chi connectivity index (χ3v) is 2.83. The van der Waals surface area contributed by atoms with Crippen molar-refractivity contribution in [3.05, 3.63) is 42.0 Å². The maximum Gasteiger partial charge on any atom is 0.127 e. The first kappa shape index (κ1) is 10.7. The van der Waals surface area contributed by atoms with Gasteiger partial charge in [-0.2, -0.15) is 0 Å². The quantitative estimate of drug-likeness (QED) is 0.734. The lowest BCUT2D eigenvalue weighted by atomic mass is 9.95. The Morgan fingerprint density at radius 2 is 1.81 bits per heavy atom. The Bertz CT molecular complexity index is 517. The summed E-state index contributed by atoms with van der Waals surface area (Å²) in [6.07, 6.45) is 0.967. The molecule has 2 aromatic rings. The monoisotopic (exact) mass is 214 g/mol. The van der Waals surface area contributed by atoms with Gasteiger partial charge in [-0.1, -0.05) is 37.3 Å². The number of rotatable bonds is 3. The summed E-state index contributed by atoms with van der Waals surface area (Å²) in [4.78, 5) is 10.9. The van der Waals surface area contributed by atoms with E-state index in [1.54, 1.807) is 7.11 Å². The first-order chi connectivity index (χ1) is 7.77. The van der Waals surface area contributed by atoms with Crippen molar-refractivity contribution in [2.45, 2.75) is 12.8 Å². The fourth-order valence-corrected chi connectivity index (χ4v) is 1.95. The van der Waals surface area contributed by atoms with Crippen LogP contribution in [0.15, 0.2) is 36.4 Å². The molecule has 0 aliphatic rings. The molecule has 1 unspecified atom stereocenters. The van der Waals surface area contributed by atoms with Gasteiger partial charge in [0.05, 0.1) is 7.11 Å². The van der Waals surface area contributed by atoms with E-state index < -0.39 is 0 Å². The standard InChI is InChI=1S/C14H14O2/c1-10(9-15)11-5-3-7-13-12(11)6-4-8-14(13)16-2/h3-10H,1-2H3. The second kappa shape index (κ2) is 4.35. The van der Waals surface area contributed by atoms with Crippen molar-refractivity contribution in [2.75, 3.05) is 7.11 Å². The van der Waals surface area contributed by atoms with Crippen LogP contribution in [-0.2, 0) is 4.79 Å². The molecule has 1 atom stereocenters. The first-order valence-electron chi connectivity index (χ1n) is 5.29. The summed E-state index contributed by atoms with van der Waals surface area (Å²) < 4.78 is 5.31. The average Bonchev–Trinajstić information content (AvgIpc) is 2.36. The fourth-order valence-electron chi connectivity index (χ4n) is 1.95. The molecule has 16 heavy (non-hydrogen) atoms. The van der Waals surface area contributed by atoms with Crippen LogP contribution in [0.2, 0.25) is 0 Å². The molecule has 0 bridgehead atoms. The van der Waals surface area contributed by atoms with Crippen LogP contribution in [0.25, 0.3) is 10.8 Å². The molecular formula is C14H14O2. The molecule has 0 heterocycles. The van der Waals surface area contributed by atoms with E-state index in [-0.39, 0.29) is 5.92 Å². The van der Waals surface area contributed by atoms with Crippen molar-refractivity contribution in [1.29, 1.82) is 0 Å². The summed E-state index contributed by atoms with van der Waals surface area (Å²) in [7, 11) is 1.66. The molecule has 0 radical (unpaired) electrons. The van der Waals surface area contributed by atoms with Crippen LogP contribution in [0, 0.1) is 0 Å². The molecule has 0 saturated heterocycles. The normalized spacial score (nSPS) is 12.4. The lowest BCUT2D eigenvalue weighted by Crippen LogP contribution is -1.96. The van der Waals surface area contributed by atoms with Crippen LogP contribution in [0.3, 0.4) is 0 Å². The predicted octanol–water partition coefficient (Wildman–Crippen LogP) is 3.15. The Balaban J connectivity index is 2.73. The van der Waals surface area contributed by atoms with Crippen LogP contribution in [0.1, 0.15) is 18.4 Å². The van der Waals surface area contributed by atoms with E-state index in [4.69, 9.17) is 4.74 Å². The second-order valence-corrected chi connectivity index (χ2v) is 3.83. The van der Waals surface area contributed by atoms with E-state index in [2.05, 4.69) is 0 Å². The average molecular weight is 214 g/mol. The highest BCUT2D eigenvalue weighted by Crippen LogP contribution is 2.30. The molecule has 82 valence electrons.